The molecule has 5 heterocycles. The summed E-state index contributed by atoms with van der Waals surface area (Å²) >= 11 is 0. The standard InChI is InChI=1S/C16H16N6O/c23-13-3-1-2-12-11-4-10(6-22(12)13)5-21(7-11)16-14-15(18-8-17-14)19-9-20-16/h1-3,8-11H,4-7H2,(H,17,18,19,20)/t10-,11+/m0/s1. The normalized spacial score (nSPS) is 23.0. The van der Waals surface area contributed by atoms with Crippen molar-refractivity contribution < 1.29 is 0 Å². The predicted octanol–water partition coefficient (Wildman–Crippen LogP) is 1.14. The Labute approximate surface area is 132 Å². The summed E-state index contributed by atoms with van der Waals surface area (Å²) in [7, 11) is 0. The van der Waals surface area contributed by atoms with E-state index in [0.717, 1.165) is 43.1 Å². The molecule has 2 bridgehead atoms. The zero-order valence-electron chi connectivity index (χ0n) is 12.5. The highest BCUT2D eigenvalue weighted by Crippen LogP contribution is 2.37. The van der Waals surface area contributed by atoms with Crippen LogP contribution in [0, 0.1) is 5.92 Å². The molecule has 1 saturated heterocycles. The van der Waals surface area contributed by atoms with Crippen molar-refractivity contribution in [3.63, 3.8) is 0 Å². The lowest BCUT2D eigenvalue weighted by atomic mass is 9.83. The van der Waals surface area contributed by atoms with E-state index in [1.54, 1.807) is 18.7 Å². The number of hydrogen-bond acceptors (Lipinski definition) is 5. The third-order valence-electron chi connectivity index (χ3n) is 4.98. The molecule has 0 aliphatic carbocycles. The minimum absolute atomic E-state index is 0.114. The number of rotatable bonds is 1. The molecule has 1 N–H and O–H groups in total. The van der Waals surface area contributed by atoms with E-state index >= 15 is 0 Å². The molecule has 3 aromatic rings. The van der Waals surface area contributed by atoms with Gasteiger partial charge in [-0.3, -0.25) is 4.79 Å². The lowest BCUT2D eigenvalue weighted by Gasteiger charge is -2.43. The van der Waals surface area contributed by atoms with E-state index in [1.165, 1.54) is 0 Å². The van der Waals surface area contributed by atoms with Crippen LogP contribution in [-0.2, 0) is 6.54 Å². The maximum atomic E-state index is 12.1. The van der Waals surface area contributed by atoms with Gasteiger partial charge in [-0.2, -0.15) is 0 Å². The van der Waals surface area contributed by atoms with Gasteiger partial charge < -0.3 is 14.5 Å². The number of piperidine rings is 1. The molecular formula is C16H16N6O. The highest BCUT2D eigenvalue weighted by Gasteiger charge is 2.35. The lowest BCUT2D eigenvalue weighted by Crippen LogP contribution is -2.47. The van der Waals surface area contributed by atoms with Gasteiger partial charge in [-0.15, -0.1) is 0 Å². The van der Waals surface area contributed by atoms with Crippen LogP contribution in [0.4, 0.5) is 5.82 Å². The van der Waals surface area contributed by atoms with Crippen LogP contribution in [0.5, 0.6) is 0 Å². The van der Waals surface area contributed by atoms with Gasteiger partial charge in [0.25, 0.3) is 5.56 Å². The molecule has 23 heavy (non-hydrogen) atoms. The Bertz CT molecular complexity index is 945. The van der Waals surface area contributed by atoms with Crippen molar-refractivity contribution in [1.29, 1.82) is 0 Å². The summed E-state index contributed by atoms with van der Waals surface area (Å²) in [5, 5.41) is 0. The van der Waals surface area contributed by atoms with Crippen LogP contribution in [0.15, 0.2) is 35.6 Å². The highest BCUT2D eigenvalue weighted by molar-refractivity contribution is 5.82. The molecule has 7 nitrogen and oxygen atoms in total. The fourth-order valence-electron chi connectivity index (χ4n) is 4.06. The summed E-state index contributed by atoms with van der Waals surface area (Å²) in [5.74, 6) is 1.74. The maximum Gasteiger partial charge on any atom is 0.250 e. The van der Waals surface area contributed by atoms with E-state index in [2.05, 4.69) is 30.9 Å². The second kappa shape index (κ2) is 4.65. The van der Waals surface area contributed by atoms with Crippen LogP contribution in [0.1, 0.15) is 18.0 Å². The Morgan fingerprint density at radius 3 is 3.04 bits per heavy atom. The molecule has 5 rings (SSSR count). The molecule has 3 aromatic heterocycles. The van der Waals surface area contributed by atoms with E-state index in [0.29, 0.717) is 17.5 Å². The van der Waals surface area contributed by atoms with E-state index < -0.39 is 0 Å². The summed E-state index contributed by atoms with van der Waals surface area (Å²) < 4.78 is 1.95. The first-order valence-corrected chi connectivity index (χ1v) is 7.88. The Kier molecular flexibility index (Phi) is 2.59. The molecule has 0 unspecified atom stereocenters. The number of nitrogens with zero attached hydrogens (tertiary/aromatic N) is 5. The highest BCUT2D eigenvalue weighted by atomic mass is 16.1. The van der Waals surface area contributed by atoms with Crippen molar-refractivity contribution in [1.82, 2.24) is 24.5 Å². The predicted molar refractivity (Wildman–Crippen MR) is 85.4 cm³/mol. The lowest BCUT2D eigenvalue weighted by molar-refractivity contribution is 0.281. The van der Waals surface area contributed by atoms with Gasteiger partial charge in [0.05, 0.1) is 6.33 Å². The smallest absolute Gasteiger partial charge is 0.250 e. The third kappa shape index (κ3) is 1.89. The van der Waals surface area contributed by atoms with Crippen molar-refractivity contribution >= 4 is 17.0 Å². The number of nitrogens with one attached hydrogen (secondary N) is 1. The average Bonchev–Trinajstić information content (AvgIpc) is 3.04. The minimum atomic E-state index is 0.114. The Morgan fingerprint density at radius 2 is 2.09 bits per heavy atom. The molecule has 116 valence electrons. The second-order valence-corrected chi connectivity index (χ2v) is 6.40. The molecule has 0 amide bonds. The van der Waals surface area contributed by atoms with Gasteiger partial charge in [0.1, 0.15) is 11.8 Å². The molecule has 1 fully saturated rings. The zero-order valence-corrected chi connectivity index (χ0v) is 12.5. The van der Waals surface area contributed by atoms with E-state index in [1.807, 2.05) is 10.6 Å². The number of aromatic amines is 1. The van der Waals surface area contributed by atoms with Crippen LogP contribution in [0.3, 0.4) is 0 Å². The number of imidazole rings is 1. The molecule has 2 aliphatic rings. The molecule has 0 spiro atoms. The number of hydrogen-bond donors (Lipinski definition) is 1. The van der Waals surface area contributed by atoms with Gasteiger partial charge in [0.2, 0.25) is 0 Å². The first-order valence-electron chi connectivity index (χ1n) is 7.88. The van der Waals surface area contributed by atoms with Crippen molar-refractivity contribution in [3.05, 3.63) is 46.9 Å². The molecule has 0 aromatic carbocycles. The van der Waals surface area contributed by atoms with Gasteiger partial charge in [0, 0.05) is 37.3 Å². The number of H-pyrrole nitrogens is 1. The summed E-state index contributed by atoms with van der Waals surface area (Å²) in [6, 6.07) is 5.60. The van der Waals surface area contributed by atoms with Crippen molar-refractivity contribution in [2.24, 2.45) is 5.92 Å². The Balaban J connectivity index is 1.57. The molecule has 2 atom stereocenters. The van der Waals surface area contributed by atoms with E-state index in [-0.39, 0.29) is 5.56 Å². The molecule has 0 radical (unpaired) electrons. The van der Waals surface area contributed by atoms with E-state index in [9.17, 15) is 4.79 Å². The molecule has 7 heteroatoms. The quantitative estimate of drug-likeness (QED) is 0.729. The van der Waals surface area contributed by atoms with Crippen molar-refractivity contribution in [2.45, 2.75) is 18.9 Å². The number of anilines is 1. The number of fused-ring (bicyclic) bond motifs is 5. The van der Waals surface area contributed by atoms with Crippen molar-refractivity contribution in [2.75, 3.05) is 18.0 Å². The first-order chi connectivity index (χ1) is 11.3. The van der Waals surface area contributed by atoms with Crippen LogP contribution >= 0.6 is 0 Å². The fraction of sp³-hybridized carbons (Fsp3) is 0.375. The van der Waals surface area contributed by atoms with Crippen LogP contribution in [0.2, 0.25) is 0 Å². The monoisotopic (exact) mass is 308 g/mol. The topological polar surface area (TPSA) is 79.7 Å². The van der Waals surface area contributed by atoms with Crippen LogP contribution in [0.25, 0.3) is 11.2 Å². The zero-order chi connectivity index (χ0) is 15.4. The van der Waals surface area contributed by atoms with Gasteiger partial charge in [-0.1, -0.05) is 6.07 Å². The summed E-state index contributed by atoms with van der Waals surface area (Å²) in [6.45, 7) is 2.56. The van der Waals surface area contributed by atoms with Gasteiger partial charge in [0.15, 0.2) is 11.5 Å². The van der Waals surface area contributed by atoms with Crippen LogP contribution in [-0.4, -0.2) is 37.6 Å². The third-order valence-corrected chi connectivity index (χ3v) is 4.98. The Morgan fingerprint density at radius 1 is 1.13 bits per heavy atom. The van der Waals surface area contributed by atoms with E-state index in [4.69, 9.17) is 0 Å². The minimum Gasteiger partial charge on any atom is -0.354 e. The summed E-state index contributed by atoms with van der Waals surface area (Å²) in [5.41, 5.74) is 2.84. The SMILES string of the molecule is O=c1cccc2n1C[C@H]1C[C@@H]2CN(c2ncnc3nc[nH]c23)C1. The fourth-order valence-corrected chi connectivity index (χ4v) is 4.06. The maximum absolute atomic E-state index is 12.1. The summed E-state index contributed by atoms with van der Waals surface area (Å²) in [4.78, 5) is 30.4. The number of pyridine rings is 1. The van der Waals surface area contributed by atoms with Crippen molar-refractivity contribution in [3.8, 4) is 0 Å². The average molecular weight is 308 g/mol. The van der Waals surface area contributed by atoms with Gasteiger partial charge in [-0.25, -0.2) is 15.0 Å². The molecule has 0 saturated carbocycles. The first kappa shape index (κ1) is 12.8. The number of aromatic nitrogens is 5. The van der Waals surface area contributed by atoms with Gasteiger partial charge in [-0.05, 0) is 18.4 Å². The van der Waals surface area contributed by atoms with Gasteiger partial charge >= 0.3 is 0 Å². The summed E-state index contributed by atoms with van der Waals surface area (Å²) in [6.07, 6.45) is 4.36. The molecule has 2 aliphatic heterocycles. The Hall–Kier alpha value is -2.70. The van der Waals surface area contributed by atoms with Crippen LogP contribution < -0.4 is 10.5 Å². The largest absolute Gasteiger partial charge is 0.354 e. The second-order valence-electron chi connectivity index (χ2n) is 6.40. The molecular weight excluding hydrogens is 292 g/mol.